The summed E-state index contributed by atoms with van der Waals surface area (Å²) in [5.41, 5.74) is -9.02. The van der Waals surface area contributed by atoms with Crippen molar-refractivity contribution in [3.63, 3.8) is 0 Å². The molecular weight excluding hydrogens is 336 g/mol. The molecule has 0 aliphatic heterocycles. The predicted octanol–water partition coefficient (Wildman–Crippen LogP) is -1.88. The molecule has 0 aromatic heterocycles. The second-order valence-corrected chi connectivity index (χ2v) is 6.78. The number of hydrogen-bond donors (Lipinski definition) is 6. The number of aliphatic hydroxyl groups is 5. The molecule has 0 unspecified atom stereocenters. The van der Waals surface area contributed by atoms with Gasteiger partial charge in [-0.3, -0.25) is 9.59 Å². The summed E-state index contributed by atoms with van der Waals surface area (Å²) >= 11 is 0. The van der Waals surface area contributed by atoms with Gasteiger partial charge in [0.05, 0.1) is 18.3 Å². The molecule has 3 rings (SSSR count). The van der Waals surface area contributed by atoms with E-state index in [9.17, 15) is 40.2 Å². The Morgan fingerprint density at radius 2 is 1.68 bits per heavy atom. The molecule has 25 heavy (non-hydrogen) atoms. The summed E-state index contributed by atoms with van der Waals surface area (Å²) in [7, 11) is 1.16. The third-order valence-corrected chi connectivity index (χ3v) is 5.11. The van der Waals surface area contributed by atoms with Crippen molar-refractivity contribution in [2.75, 3.05) is 7.11 Å². The Hall–Kier alpha value is -2.04. The SMILES string of the molecule is COc1cc(O)cc2c1C(=O)[C@@]1(O)[C@@H](O)[C@H](O)[C@](C)(O)C[C@@]1(O)C2=O. The first-order valence-corrected chi connectivity index (χ1v) is 7.45. The number of methoxy groups -OCH3 is 1. The standard InChI is InChI=1S/C16H18O9/c1-14(22)5-15(23)10(18)7-3-6(17)4-8(25-2)9(7)11(19)16(15,24)13(21)12(14)20/h3-4,12-13,17,20-24H,5H2,1-2H3/t12-,13-,14+,15+,16+/m0/s1. The molecule has 9 nitrogen and oxygen atoms in total. The van der Waals surface area contributed by atoms with Crippen LogP contribution < -0.4 is 4.74 Å². The number of phenolic OH excluding ortho intramolecular Hbond substituents is 1. The van der Waals surface area contributed by atoms with E-state index in [1.54, 1.807) is 0 Å². The highest BCUT2D eigenvalue weighted by Gasteiger charge is 2.74. The maximum absolute atomic E-state index is 12.9. The van der Waals surface area contributed by atoms with Crippen LogP contribution in [0.4, 0.5) is 0 Å². The maximum atomic E-state index is 12.9. The van der Waals surface area contributed by atoms with Crippen molar-refractivity contribution in [1.82, 2.24) is 0 Å². The highest BCUT2D eigenvalue weighted by Crippen LogP contribution is 2.50. The number of ether oxygens (including phenoxy) is 1. The molecule has 0 amide bonds. The number of Topliss-reactive ketones (excluding diaryl/α,β-unsaturated/α-hetero) is 2. The van der Waals surface area contributed by atoms with Crippen LogP contribution in [0.3, 0.4) is 0 Å². The summed E-state index contributed by atoms with van der Waals surface area (Å²) in [5, 5.41) is 61.9. The molecule has 2 aliphatic rings. The van der Waals surface area contributed by atoms with Gasteiger partial charge in [0.2, 0.25) is 5.78 Å². The molecule has 9 heteroatoms. The van der Waals surface area contributed by atoms with Crippen LogP contribution >= 0.6 is 0 Å². The van der Waals surface area contributed by atoms with Gasteiger partial charge in [0.15, 0.2) is 17.0 Å². The van der Waals surface area contributed by atoms with Crippen LogP contribution in [-0.4, -0.2) is 78.3 Å². The lowest BCUT2D eigenvalue weighted by Gasteiger charge is -2.55. The molecular formula is C16H18O9. The highest BCUT2D eigenvalue weighted by atomic mass is 16.5. The minimum atomic E-state index is -3.09. The molecule has 1 aromatic carbocycles. The quantitative estimate of drug-likeness (QED) is 0.338. The van der Waals surface area contributed by atoms with E-state index in [0.717, 1.165) is 26.2 Å². The Morgan fingerprint density at radius 3 is 2.24 bits per heavy atom. The van der Waals surface area contributed by atoms with E-state index in [4.69, 9.17) is 4.74 Å². The largest absolute Gasteiger partial charge is 0.508 e. The van der Waals surface area contributed by atoms with Gasteiger partial charge < -0.3 is 35.4 Å². The number of aromatic hydroxyl groups is 1. The fourth-order valence-corrected chi connectivity index (χ4v) is 3.73. The van der Waals surface area contributed by atoms with Crippen molar-refractivity contribution in [2.24, 2.45) is 0 Å². The lowest BCUT2D eigenvalue weighted by atomic mass is 9.55. The topological polar surface area (TPSA) is 165 Å². The number of rotatable bonds is 1. The van der Waals surface area contributed by atoms with Crippen LogP contribution in [0.5, 0.6) is 11.5 Å². The predicted molar refractivity (Wildman–Crippen MR) is 80.5 cm³/mol. The Morgan fingerprint density at radius 1 is 1.08 bits per heavy atom. The smallest absolute Gasteiger partial charge is 0.205 e. The van der Waals surface area contributed by atoms with Gasteiger partial charge in [-0.15, -0.1) is 0 Å². The number of fused-ring (bicyclic) bond motifs is 2. The average molecular weight is 354 g/mol. The lowest BCUT2D eigenvalue weighted by molar-refractivity contribution is -0.260. The number of phenols is 1. The van der Waals surface area contributed by atoms with Gasteiger partial charge in [-0.1, -0.05) is 0 Å². The van der Waals surface area contributed by atoms with Crippen molar-refractivity contribution >= 4 is 11.6 Å². The molecule has 136 valence electrons. The van der Waals surface area contributed by atoms with Crippen LogP contribution in [0.2, 0.25) is 0 Å². The summed E-state index contributed by atoms with van der Waals surface area (Å²) in [6.45, 7) is 1.05. The van der Waals surface area contributed by atoms with Crippen molar-refractivity contribution in [2.45, 2.75) is 42.4 Å². The van der Waals surface area contributed by atoms with Crippen LogP contribution in [-0.2, 0) is 0 Å². The van der Waals surface area contributed by atoms with E-state index in [0.29, 0.717) is 0 Å². The molecule has 1 fully saturated rings. The average Bonchev–Trinajstić information content (AvgIpc) is 2.54. The molecule has 5 atom stereocenters. The summed E-state index contributed by atoms with van der Waals surface area (Å²) in [6, 6.07) is 1.95. The van der Waals surface area contributed by atoms with Crippen molar-refractivity contribution in [3.8, 4) is 11.5 Å². The normalized spacial score (nSPS) is 40.4. The van der Waals surface area contributed by atoms with Gasteiger partial charge in [0.1, 0.15) is 23.7 Å². The van der Waals surface area contributed by atoms with Gasteiger partial charge in [-0.05, 0) is 13.0 Å². The third-order valence-electron chi connectivity index (χ3n) is 5.11. The third kappa shape index (κ3) is 1.95. The van der Waals surface area contributed by atoms with Gasteiger partial charge >= 0.3 is 0 Å². The Bertz CT molecular complexity index is 786. The van der Waals surface area contributed by atoms with Crippen molar-refractivity contribution < 1.29 is 45.0 Å². The van der Waals surface area contributed by atoms with E-state index >= 15 is 0 Å². The Balaban J connectivity index is 2.35. The minimum Gasteiger partial charge on any atom is -0.508 e. The van der Waals surface area contributed by atoms with E-state index < -0.39 is 63.9 Å². The molecule has 1 saturated carbocycles. The van der Waals surface area contributed by atoms with E-state index in [-0.39, 0.29) is 5.75 Å². The molecule has 6 N–H and O–H groups in total. The van der Waals surface area contributed by atoms with Crippen molar-refractivity contribution in [1.29, 1.82) is 0 Å². The van der Waals surface area contributed by atoms with Crippen LogP contribution in [0, 0.1) is 0 Å². The maximum Gasteiger partial charge on any atom is 0.205 e. The monoisotopic (exact) mass is 354 g/mol. The van der Waals surface area contributed by atoms with E-state index in [1.165, 1.54) is 0 Å². The van der Waals surface area contributed by atoms with Crippen LogP contribution in [0.15, 0.2) is 12.1 Å². The first-order chi connectivity index (χ1) is 11.4. The Labute approximate surface area is 141 Å². The van der Waals surface area contributed by atoms with Gasteiger partial charge in [0, 0.05) is 18.1 Å². The molecule has 1 aromatic rings. The molecule has 0 bridgehead atoms. The summed E-state index contributed by atoms with van der Waals surface area (Å²) in [4.78, 5) is 25.8. The molecule has 0 radical (unpaired) electrons. The fraction of sp³-hybridized carbons (Fsp3) is 0.500. The molecule has 0 saturated heterocycles. The summed E-state index contributed by atoms with van der Waals surface area (Å²) < 4.78 is 4.95. The fourth-order valence-electron chi connectivity index (χ4n) is 3.73. The van der Waals surface area contributed by atoms with Gasteiger partial charge in [-0.25, -0.2) is 0 Å². The first kappa shape index (κ1) is 17.8. The zero-order valence-electron chi connectivity index (χ0n) is 13.4. The molecule has 0 spiro atoms. The second kappa shape index (κ2) is 4.99. The lowest BCUT2D eigenvalue weighted by Crippen LogP contribution is -2.80. The van der Waals surface area contributed by atoms with Gasteiger partial charge in [0.25, 0.3) is 0 Å². The van der Waals surface area contributed by atoms with E-state index in [2.05, 4.69) is 0 Å². The zero-order valence-corrected chi connectivity index (χ0v) is 13.4. The molecule has 2 aliphatic carbocycles. The second-order valence-electron chi connectivity index (χ2n) is 6.78. The number of aliphatic hydroxyl groups excluding tert-OH is 2. The Kier molecular flexibility index (Phi) is 3.55. The van der Waals surface area contributed by atoms with Crippen molar-refractivity contribution in [3.05, 3.63) is 23.3 Å². The number of benzene rings is 1. The van der Waals surface area contributed by atoms with Gasteiger partial charge in [-0.2, -0.15) is 0 Å². The van der Waals surface area contributed by atoms with Crippen LogP contribution in [0.1, 0.15) is 34.1 Å². The van der Waals surface area contributed by atoms with E-state index in [1.807, 2.05) is 0 Å². The zero-order chi connectivity index (χ0) is 18.9. The number of ketones is 2. The highest BCUT2D eigenvalue weighted by molar-refractivity contribution is 6.23. The van der Waals surface area contributed by atoms with Crippen LogP contribution in [0.25, 0.3) is 0 Å². The first-order valence-electron chi connectivity index (χ1n) is 7.45. The molecule has 0 heterocycles. The number of carbonyl (C=O) groups excluding carboxylic acids is 2. The summed E-state index contributed by atoms with van der Waals surface area (Å²) in [5.74, 6) is -3.12. The number of carbonyl (C=O) groups is 2. The summed E-state index contributed by atoms with van der Waals surface area (Å²) in [6.07, 6.45) is -5.25. The number of hydrogen-bond acceptors (Lipinski definition) is 9. The minimum absolute atomic E-state index is 0.247.